The van der Waals surface area contributed by atoms with Gasteiger partial charge < -0.3 is 5.32 Å². The standard InChI is InChI=1S/C13H19FN2O2S/c1-15-8-11-5-6-12(14)13(7-11)19(17,18)16-9-10-3-2-4-10/h5-7,10,15-16H,2-4,8-9H2,1H3. The number of sulfonamides is 1. The lowest BCUT2D eigenvalue weighted by molar-refractivity contribution is 0.316. The van der Waals surface area contributed by atoms with Gasteiger partial charge in [0.05, 0.1) is 0 Å². The monoisotopic (exact) mass is 286 g/mol. The molecule has 6 heteroatoms. The van der Waals surface area contributed by atoms with E-state index in [4.69, 9.17) is 0 Å². The Morgan fingerprint density at radius 1 is 1.37 bits per heavy atom. The minimum atomic E-state index is -3.76. The molecule has 0 atom stereocenters. The summed E-state index contributed by atoms with van der Waals surface area (Å²) in [6.07, 6.45) is 3.24. The van der Waals surface area contributed by atoms with Crippen molar-refractivity contribution in [2.24, 2.45) is 5.92 Å². The van der Waals surface area contributed by atoms with Crippen molar-refractivity contribution < 1.29 is 12.8 Å². The Labute approximate surface area is 113 Å². The molecule has 106 valence electrons. The summed E-state index contributed by atoms with van der Waals surface area (Å²) in [4.78, 5) is -0.264. The van der Waals surface area contributed by atoms with Crippen molar-refractivity contribution in [2.75, 3.05) is 13.6 Å². The summed E-state index contributed by atoms with van der Waals surface area (Å²) < 4.78 is 40.4. The normalized spacial score (nSPS) is 16.3. The molecule has 0 aliphatic heterocycles. The number of halogens is 1. The van der Waals surface area contributed by atoms with E-state index >= 15 is 0 Å². The third-order valence-corrected chi connectivity index (χ3v) is 4.89. The van der Waals surface area contributed by atoms with Gasteiger partial charge in [0.15, 0.2) is 0 Å². The van der Waals surface area contributed by atoms with Gasteiger partial charge in [-0.05, 0) is 43.5 Å². The van der Waals surface area contributed by atoms with Crippen LogP contribution in [0.5, 0.6) is 0 Å². The predicted molar refractivity (Wildman–Crippen MR) is 71.7 cm³/mol. The van der Waals surface area contributed by atoms with Crippen LogP contribution < -0.4 is 10.0 Å². The topological polar surface area (TPSA) is 58.2 Å². The maximum atomic E-state index is 13.7. The maximum absolute atomic E-state index is 13.7. The van der Waals surface area contributed by atoms with Gasteiger partial charge in [0.2, 0.25) is 10.0 Å². The van der Waals surface area contributed by atoms with E-state index in [0.29, 0.717) is 19.0 Å². The van der Waals surface area contributed by atoms with Crippen molar-refractivity contribution in [3.05, 3.63) is 29.6 Å². The molecule has 0 bridgehead atoms. The number of hydrogen-bond acceptors (Lipinski definition) is 3. The van der Waals surface area contributed by atoms with Crippen LogP contribution in [0.15, 0.2) is 23.1 Å². The zero-order valence-electron chi connectivity index (χ0n) is 10.9. The van der Waals surface area contributed by atoms with Gasteiger partial charge in [-0.3, -0.25) is 0 Å². The third kappa shape index (κ3) is 3.52. The van der Waals surface area contributed by atoms with E-state index < -0.39 is 15.8 Å². The van der Waals surface area contributed by atoms with E-state index in [1.807, 2.05) is 0 Å². The lowest BCUT2D eigenvalue weighted by Gasteiger charge is -2.25. The van der Waals surface area contributed by atoms with Crippen molar-refractivity contribution in [1.82, 2.24) is 10.0 Å². The van der Waals surface area contributed by atoms with Crippen molar-refractivity contribution in [1.29, 1.82) is 0 Å². The Hall–Kier alpha value is -0.980. The largest absolute Gasteiger partial charge is 0.316 e. The minimum absolute atomic E-state index is 0.264. The van der Waals surface area contributed by atoms with Crippen LogP contribution in [0, 0.1) is 11.7 Å². The first-order valence-corrected chi connectivity index (χ1v) is 7.94. The smallest absolute Gasteiger partial charge is 0.243 e. The van der Waals surface area contributed by atoms with Crippen LogP contribution >= 0.6 is 0 Å². The second-order valence-electron chi connectivity index (χ2n) is 4.94. The van der Waals surface area contributed by atoms with Crippen LogP contribution in [-0.4, -0.2) is 22.0 Å². The highest BCUT2D eigenvalue weighted by molar-refractivity contribution is 7.89. The molecule has 19 heavy (non-hydrogen) atoms. The molecule has 1 aromatic rings. The molecule has 1 fully saturated rings. The fourth-order valence-corrected chi connectivity index (χ4v) is 3.31. The fraction of sp³-hybridized carbons (Fsp3) is 0.538. The van der Waals surface area contributed by atoms with Gasteiger partial charge in [-0.1, -0.05) is 12.5 Å². The predicted octanol–water partition coefficient (Wildman–Crippen LogP) is 1.62. The molecular weight excluding hydrogens is 267 g/mol. The summed E-state index contributed by atoms with van der Waals surface area (Å²) in [7, 11) is -2.00. The van der Waals surface area contributed by atoms with E-state index in [9.17, 15) is 12.8 Å². The number of benzene rings is 1. The van der Waals surface area contributed by atoms with Crippen LogP contribution in [0.4, 0.5) is 4.39 Å². The summed E-state index contributed by atoms with van der Waals surface area (Å²) in [6, 6.07) is 4.16. The van der Waals surface area contributed by atoms with Crippen LogP contribution in [0.2, 0.25) is 0 Å². The lowest BCUT2D eigenvalue weighted by Crippen LogP contribution is -2.32. The first-order chi connectivity index (χ1) is 9.03. The summed E-state index contributed by atoms with van der Waals surface area (Å²) in [5, 5.41) is 2.91. The van der Waals surface area contributed by atoms with E-state index in [0.717, 1.165) is 24.8 Å². The van der Waals surface area contributed by atoms with Gasteiger partial charge in [0.25, 0.3) is 0 Å². The van der Waals surface area contributed by atoms with Crippen molar-refractivity contribution in [3.63, 3.8) is 0 Å². The van der Waals surface area contributed by atoms with Gasteiger partial charge in [-0.2, -0.15) is 0 Å². The van der Waals surface area contributed by atoms with Gasteiger partial charge in [0, 0.05) is 13.1 Å². The van der Waals surface area contributed by atoms with Gasteiger partial charge in [0.1, 0.15) is 10.7 Å². The van der Waals surface area contributed by atoms with Crippen molar-refractivity contribution in [3.8, 4) is 0 Å². The highest BCUT2D eigenvalue weighted by atomic mass is 32.2. The molecule has 2 rings (SSSR count). The molecular formula is C13H19FN2O2S. The fourth-order valence-electron chi connectivity index (χ4n) is 2.07. The van der Waals surface area contributed by atoms with Crippen LogP contribution in [0.1, 0.15) is 24.8 Å². The minimum Gasteiger partial charge on any atom is -0.316 e. The summed E-state index contributed by atoms with van der Waals surface area (Å²) in [5.41, 5.74) is 0.743. The summed E-state index contributed by atoms with van der Waals surface area (Å²) >= 11 is 0. The Morgan fingerprint density at radius 2 is 2.11 bits per heavy atom. The zero-order valence-corrected chi connectivity index (χ0v) is 11.8. The molecule has 1 aliphatic rings. The molecule has 0 aromatic heterocycles. The second kappa shape index (κ2) is 5.98. The van der Waals surface area contributed by atoms with Crippen molar-refractivity contribution >= 4 is 10.0 Å². The van der Waals surface area contributed by atoms with Gasteiger partial charge in [-0.15, -0.1) is 0 Å². The first-order valence-electron chi connectivity index (χ1n) is 6.45. The third-order valence-electron chi connectivity index (χ3n) is 3.45. The highest BCUT2D eigenvalue weighted by Crippen LogP contribution is 2.26. The molecule has 2 N–H and O–H groups in total. The molecule has 4 nitrogen and oxygen atoms in total. The lowest BCUT2D eigenvalue weighted by atomic mass is 9.86. The van der Waals surface area contributed by atoms with E-state index in [2.05, 4.69) is 10.0 Å². The number of nitrogens with one attached hydrogen (secondary N) is 2. The first kappa shape index (κ1) is 14.4. The van der Waals surface area contributed by atoms with E-state index in [1.54, 1.807) is 13.1 Å². The van der Waals surface area contributed by atoms with Gasteiger partial charge >= 0.3 is 0 Å². The molecule has 0 heterocycles. The molecule has 1 aliphatic carbocycles. The molecule has 0 radical (unpaired) electrons. The molecule has 0 saturated heterocycles. The summed E-state index contributed by atoms with van der Waals surface area (Å²) in [6.45, 7) is 0.906. The zero-order chi connectivity index (χ0) is 13.9. The molecule has 0 spiro atoms. The Balaban J connectivity index is 2.15. The molecule has 0 amide bonds. The second-order valence-corrected chi connectivity index (χ2v) is 6.68. The Bertz CT molecular complexity index is 542. The maximum Gasteiger partial charge on any atom is 0.243 e. The average Bonchev–Trinajstić information content (AvgIpc) is 2.29. The van der Waals surface area contributed by atoms with Crippen LogP contribution in [0.25, 0.3) is 0 Å². The van der Waals surface area contributed by atoms with Gasteiger partial charge in [-0.25, -0.2) is 17.5 Å². The number of hydrogen-bond donors (Lipinski definition) is 2. The summed E-state index contributed by atoms with van der Waals surface area (Å²) in [5.74, 6) is -0.306. The van der Waals surface area contributed by atoms with E-state index in [1.165, 1.54) is 12.1 Å². The van der Waals surface area contributed by atoms with E-state index in [-0.39, 0.29) is 4.90 Å². The average molecular weight is 286 g/mol. The number of rotatable bonds is 6. The SMILES string of the molecule is CNCc1ccc(F)c(S(=O)(=O)NCC2CCC2)c1. The highest BCUT2D eigenvalue weighted by Gasteiger charge is 2.23. The Morgan fingerprint density at radius 3 is 2.68 bits per heavy atom. The molecule has 1 aromatic carbocycles. The molecule has 1 saturated carbocycles. The van der Waals surface area contributed by atoms with Crippen molar-refractivity contribution in [2.45, 2.75) is 30.7 Å². The van der Waals surface area contributed by atoms with Crippen LogP contribution in [-0.2, 0) is 16.6 Å². The molecule has 0 unspecified atom stereocenters. The Kier molecular flexibility index (Phi) is 4.54. The van der Waals surface area contributed by atoms with Crippen LogP contribution in [0.3, 0.4) is 0 Å². The quantitative estimate of drug-likeness (QED) is 0.835.